The minimum Gasteiger partial charge on any atom is -0.387 e. The molecule has 2 N–H and O–H groups in total. The molecule has 2 unspecified atom stereocenters. The molecule has 0 radical (unpaired) electrons. The Morgan fingerprint density at radius 3 is 2.45 bits per heavy atom. The quantitative estimate of drug-likeness (QED) is 0.757. The SMILES string of the molecule is CCC(=O)N1CCC(NC(=O)N(Cc2ccccc2)CC(O)c2ccccc2)C1. The molecular weight excluding hydrogens is 366 g/mol. The number of carbonyl (C=O) groups excluding carboxylic acids is 2. The van der Waals surface area contributed by atoms with E-state index in [0.717, 1.165) is 17.5 Å². The number of likely N-dealkylation sites (tertiary alicyclic amines) is 1. The molecule has 1 fully saturated rings. The number of amides is 3. The van der Waals surface area contributed by atoms with Crippen LogP contribution in [0.3, 0.4) is 0 Å². The fourth-order valence-electron chi connectivity index (χ4n) is 3.61. The van der Waals surface area contributed by atoms with Gasteiger partial charge in [0.15, 0.2) is 0 Å². The highest BCUT2D eigenvalue weighted by Gasteiger charge is 2.28. The summed E-state index contributed by atoms with van der Waals surface area (Å²) >= 11 is 0. The highest BCUT2D eigenvalue weighted by Crippen LogP contribution is 2.17. The molecule has 1 heterocycles. The summed E-state index contributed by atoms with van der Waals surface area (Å²) in [6.45, 7) is 3.65. The van der Waals surface area contributed by atoms with Gasteiger partial charge in [-0.15, -0.1) is 0 Å². The van der Waals surface area contributed by atoms with Crippen molar-refractivity contribution in [1.82, 2.24) is 15.1 Å². The van der Waals surface area contributed by atoms with Crippen LogP contribution in [0.25, 0.3) is 0 Å². The third kappa shape index (κ3) is 5.81. The summed E-state index contributed by atoms with van der Waals surface area (Å²) in [5.74, 6) is 0.113. The molecule has 2 atom stereocenters. The first-order valence-corrected chi connectivity index (χ1v) is 10.2. The van der Waals surface area contributed by atoms with Gasteiger partial charge in [-0.25, -0.2) is 4.79 Å². The number of nitrogens with one attached hydrogen (secondary N) is 1. The molecule has 2 aromatic rings. The van der Waals surface area contributed by atoms with Crippen molar-refractivity contribution < 1.29 is 14.7 Å². The molecule has 0 aliphatic carbocycles. The predicted molar refractivity (Wildman–Crippen MR) is 112 cm³/mol. The van der Waals surface area contributed by atoms with E-state index in [1.54, 1.807) is 9.80 Å². The van der Waals surface area contributed by atoms with Gasteiger partial charge in [-0.1, -0.05) is 67.6 Å². The van der Waals surface area contributed by atoms with Gasteiger partial charge >= 0.3 is 6.03 Å². The van der Waals surface area contributed by atoms with Gasteiger partial charge in [0.25, 0.3) is 0 Å². The fourth-order valence-corrected chi connectivity index (χ4v) is 3.61. The third-order valence-electron chi connectivity index (χ3n) is 5.25. The number of rotatable bonds is 7. The number of urea groups is 1. The second-order valence-electron chi connectivity index (χ2n) is 7.42. The number of nitrogens with zero attached hydrogens (tertiary/aromatic N) is 2. The summed E-state index contributed by atoms with van der Waals surface area (Å²) in [5, 5.41) is 13.7. The highest BCUT2D eigenvalue weighted by molar-refractivity contribution is 5.77. The number of aliphatic hydroxyl groups excluding tert-OH is 1. The highest BCUT2D eigenvalue weighted by atomic mass is 16.3. The van der Waals surface area contributed by atoms with Crippen LogP contribution in [-0.4, -0.2) is 52.5 Å². The molecule has 0 bridgehead atoms. The molecule has 0 saturated carbocycles. The normalized spacial score (nSPS) is 17.0. The van der Waals surface area contributed by atoms with Crippen LogP contribution < -0.4 is 5.32 Å². The van der Waals surface area contributed by atoms with Crippen molar-refractivity contribution in [2.75, 3.05) is 19.6 Å². The smallest absolute Gasteiger partial charge is 0.318 e. The fraction of sp³-hybridized carbons (Fsp3) is 0.391. The van der Waals surface area contributed by atoms with Gasteiger partial charge < -0.3 is 20.2 Å². The van der Waals surface area contributed by atoms with E-state index < -0.39 is 6.10 Å². The van der Waals surface area contributed by atoms with E-state index in [9.17, 15) is 14.7 Å². The number of hydrogen-bond acceptors (Lipinski definition) is 3. The van der Waals surface area contributed by atoms with E-state index >= 15 is 0 Å². The Hall–Kier alpha value is -2.86. The van der Waals surface area contributed by atoms with Crippen LogP contribution in [0.1, 0.15) is 37.0 Å². The van der Waals surface area contributed by atoms with Crippen LogP contribution in [0.4, 0.5) is 4.79 Å². The first-order chi connectivity index (χ1) is 14.1. The summed E-state index contributed by atoms with van der Waals surface area (Å²) in [4.78, 5) is 28.3. The van der Waals surface area contributed by atoms with Gasteiger partial charge in [-0.3, -0.25) is 4.79 Å². The van der Waals surface area contributed by atoms with Crippen molar-refractivity contribution in [2.45, 2.75) is 38.5 Å². The minimum atomic E-state index is -0.771. The first kappa shape index (κ1) is 20.9. The van der Waals surface area contributed by atoms with Gasteiger partial charge in [0.05, 0.1) is 12.6 Å². The standard InChI is InChI=1S/C23H29N3O3/c1-2-22(28)25-14-13-20(16-25)24-23(29)26(15-18-9-5-3-6-10-18)17-21(27)19-11-7-4-8-12-19/h3-12,20-21,27H,2,13-17H2,1H3,(H,24,29). The summed E-state index contributed by atoms with van der Waals surface area (Å²) in [7, 11) is 0. The average Bonchev–Trinajstić information content (AvgIpc) is 3.22. The molecule has 0 spiro atoms. The van der Waals surface area contributed by atoms with E-state index in [-0.39, 0.29) is 24.5 Å². The predicted octanol–water partition coefficient (Wildman–Crippen LogP) is 2.94. The molecule has 1 saturated heterocycles. The van der Waals surface area contributed by atoms with Crippen molar-refractivity contribution >= 4 is 11.9 Å². The average molecular weight is 396 g/mol. The Kier molecular flexibility index (Phi) is 7.25. The van der Waals surface area contributed by atoms with Crippen molar-refractivity contribution in [1.29, 1.82) is 0 Å². The lowest BCUT2D eigenvalue weighted by molar-refractivity contribution is -0.129. The second-order valence-corrected chi connectivity index (χ2v) is 7.42. The molecular formula is C23H29N3O3. The minimum absolute atomic E-state index is 0.0647. The number of aliphatic hydroxyl groups is 1. The van der Waals surface area contributed by atoms with Gasteiger partial charge in [0.2, 0.25) is 5.91 Å². The van der Waals surface area contributed by atoms with E-state index in [0.29, 0.717) is 26.1 Å². The van der Waals surface area contributed by atoms with Crippen molar-refractivity contribution in [3.63, 3.8) is 0 Å². The van der Waals surface area contributed by atoms with Crippen LogP contribution in [0.15, 0.2) is 60.7 Å². The summed E-state index contributed by atoms with van der Waals surface area (Å²) in [6, 6.07) is 18.8. The molecule has 1 aliphatic rings. The van der Waals surface area contributed by atoms with Crippen molar-refractivity contribution in [3.8, 4) is 0 Å². The summed E-state index contributed by atoms with van der Waals surface area (Å²) < 4.78 is 0. The lowest BCUT2D eigenvalue weighted by atomic mass is 10.1. The molecule has 0 aromatic heterocycles. The molecule has 6 nitrogen and oxygen atoms in total. The molecule has 3 rings (SSSR count). The van der Waals surface area contributed by atoms with E-state index in [1.165, 1.54) is 0 Å². The second kappa shape index (κ2) is 10.1. The Labute approximate surface area is 172 Å². The Bertz CT molecular complexity index is 798. The van der Waals surface area contributed by atoms with Crippen molar-refractivity contribution in [3.05, 3.63) is 71.8 Å². The van der Waals surface area contributed by atoms with Gasteiger partial charge in [0, 0.05) is 32.1 Å². The van der Waals surface area contributed by atoms with Crippen LogP contribution in [0.5, 0.6) is 0 Å². The zero-order valence-corrected chi connectivity index (χ0v) is 16.8. The van der Waals surface area contributed by atoms with Gasteiger partial charge in [-0.2, -0.15) is 0 Å². The molecule has 2 aromatic carbocycles. The topological polar surface area (TPSA) is 72.9 Å². The van der Waals surface area contributed by atoms with E-state index in [1.807, 2.05) is 67.6 Å². The zero-order valence-electron chi connectivity index (χ0n) is 16.8. The lowest BCUT2D eigenvalue weighted by Gasteiger charge is -2.27. The maximum absolute atomic E-state index is 13.0. The number of benzene rings is 2. The van der Waals surface area contributed by atoms with Crippen molar-refractivity contribution in [2.24, 2.45) is 0 Å². The lowest BCUT2D eigenvalue weighted by Crippen LogP contribution is -2.47. The van der Waals surface area contributed by atoms with Crippen LogP contribution in [0, 0.1) is 0 Å². The van der Waals surface area contributed by atoms with Gasteiger partial charge in [0.1, 0.15) is 0 Å². The van der Waals surface area contributed by atoms with Crippen LogP contribution >= 0.6 is 0 Å². The van der Waals surface area contributed by atoms with E-state index in [4.69, 9.17) is 0 Å². The largest absolute Gasteiger partial charge is 0.387 e. The third-order valence-corrected chi connectivity index (χ3v) is 5.25. The summed E-state index contributed by atoms with van der Waals surface area (Å²) in [5.41, 5.74) is 1.77. The van der Waals surface area contributed by atoms with E-state index in [2.05, 4.69) is 5.32 Å². The maximum Gasteiger partial charge on any atom is 0.318 e. The molecule has 1 aliphatic heterocycles. The monoisotopic (exact) mass is 395 g/mol. The number of hydrogen-bond donors (Lipinski definition) is 2. The Morgan fingerprint density at radius 2 is 1.79 bits per heavy atom. The van der Waals surface area contributed by atoms with Crippen LogP contribution in [-0.2, 0) is 11.3 Å². The zero-order chi connectivity index (χ0) is 20.6. The Balaban J connectivity index is 1.67. The molecule has 3 amide bonds. The maximum atomic E-state index is 13.0. The number of carbonyl (C=O) groups is 2. The first-order valence-electron chi connectivity index (χ1n) is 10.2. The summed E-state index contributed by atoms with van der Waals surface area (Å²) in [6.07, 6.45) is 0.453. The van der Waals surface area contributed by atoms with Crippen LogP contribution in [0.2, 0.25) is 0 Å². The van der Waals surface area contributed by atoms with Gasteiger partial charge in [-0.05, 0) is 17.5 Å². The molecule has 154 valence electrons. The Morgan fingerprint density at radius 1 is 1.14 bits per heavy atom. The molecule has 6 heteroatoms. The molecule has 29 heavy (non-hydrogen) atoms.